The molecule has 1 fully saturated rings. The van der Waals surface area contributed by atoms with Gasteiger partial charge >= 0.3 is 0 Å². The van der Waals surface area contributed by atoms with Crippen molar-refractivity contribution in [3.63, 3.8) is 0 Å². The van der Waals surface area contributed by atoms with Crippen LogP contribution >= 0.6 is 0 Å². The summed E-state index contributed by atoms with van der Waals surface area (Å²) >= 11 is 0. The van der Waals surface area contributed by atoms with Gasteiger partial charge < -0.3 is 10.6 Å². The number of amides is 2. The molecule has 1 saturated heterocycles. The Balaban J connectivity index is 1.89. The standard InChI is InChI=1S/C18H28N4O4S/c1-27(25,26)22-13-2-3-16(7-12-20-17(23)8-14-22)18(24)21-11-6-15-4-9-19-10-5-15/h4-5,9-10,16H,2-3,6-8,11-14H2,1H3,(H,20,23)(H,21,24). The molecule has 1 aliphatic heterocycles. The van der Waals surface area contributed by atoms with E-state index in [-0.39, 0.29) is 30.7 Å². The topological polar surface area (TPSA) is 108 Å². The first kappa shape index (κ1) is 21.3. The summed E-state index contributed by atoms with van der Waals surface area (Å²) in [6, 6.07) is 3.82. The average molecular weight is 397 g/mol. The first-order valence-corrected chi connectivity index (χ1v) is 11.1. The van der Waals surface area contributed by atoms with Crippen molar-refractivity contribution in [1.29, 1.82) is 0 Å². The highest BCUT2D eigenvalue weighted by Crippen LogP contribution is 2.14. The van der Waals surface area contributed by atoms with Crippen LogP contribution in [0.15, 0.2) is 24.5 Å². The minimum atomic E-state index is -3.36. The van der Waals surface area contributed by atoms with E-state index in [2.05, 4.69) is 15.6 Å². The van der Waals surface area contributed by atoms with Crippen LogP contribution in [-0.2, 0) is 26.0 Å². The van der Waals surface area contributed by atoms with E-state index in [0.29, 0.717) is 38.9 Å². The number of sulfonamides is 1. The van der Waals surface area contributed by atoms with E-state index in [9.17, 15) is 18.0 Å². The first-order chi connectivity index (χ1) is 12.9. The molecule has 2 heterocycles. The maximum Gasteiger partial charge on any atom is 0.223 e. The number of carbonyl (C=O) groups excluding carboxylic acids is 2. The molecular weight excluding hydrogens is 368 g/mol. The predicted octanol–water partition coefficient (Wildman–Crippen LogP) is 0.308. The third-order valence-corrected chi connectivity index (χ3v) is 5.97. The number of nitrogens with one attached hydrogen (secondary N) is 2. The van der Waals surface area contributed by atoms with Crippen molar-refractivity contribution < 1.29 is 18.0 Å². The molecule has 0 radical (unpaired) electrons. The fraction of sp³-hybridized carbons (Fsp3) is 0.611. The molecule has 1 unspecified atom stereocenters. The minimum Gasteiger partial charge on any atom is -0.356 e. The van der Waals surface area contributed by atoms with Crippen molar-refractivity contribution in [2.75, 3.05) is 32.4 Å². The van der Waals surface area contributed by atoms with Gasteiger partial charge in [-0.3, -0.25) is 14.6 Å². The molecule has 0 saturated carbocycles. The highest BCUT2D eigenvalue weighted by Gasteiger charge is 2.23. The molecule has 2 rings (SSSR count). The summed E-state index contributed by atoms with van der Waals surface area (Å²) in [6.07, 6.45) is 7.16. The minimum absolute atomic E-state index is 0.0524. The smallest absolute Gasteiger partial charge is 0.223 e. The van der Waals surface area contributed by atoms with Gasteiger partial charge in [0, 0.05) is 50.9 Å². The van der Waals surface area contributed by atoms with Gasteiger partial charge in [-0.05, 0) is 43.4 Å². The van der Waals surface area contributed by atoms with Gasteiger partial charge in [0.25, 0.3) is 0 Å². The summed E-state index contributed by atoms with van der Waals surface area (Å²) in [5, 5.41) is 5.72. The summed E-state index contributed by atoms with van der Waals surface area (Å²) in [5.74, 6) is -0.492. The van der Waals surface area contributed by atoms with Gasteiger partial charge in [-0.2, -0.15) is 0 Å². The lowest BCUT2D eigenvalue weighted by Gasteiger charge is -2.20. The molecule has 2 N–H and O–H groups in total. The molecule has 0 aromatic carbocycles. The van der Waals surface area contributed by atoms with E-state index in [1.165, 1.54) is 4.31 Å². The van der Waals surface area contributed by atoms with Crippen LogP contribution in [0, 0.1) is 5.92 Å². The molecule has 1 aromatic rings. The number of hydrogen-bond acceptors (Lipinski definition) is 5. The number of rotatable bonds is 5. The quantitative estimate of drug-likeness (QED) is 0.745. The van der Waals surface area contributed by atoms with Crippen LogP contribution in [0.3, 0.4) is 0 Å². The monoisotopic (exact) mass is 396 g/mol. The van der Waals surface area contributed by atoms with Crippen LogP contribution in [0.4, 0.5) is 0 Å². The van der Waals surface area contributed by atoms with Gasteiger partial charge in [0.1, 0.15) is 0 Å². The van der Waals surface area contributed by atoms with Gasteiger partial charge in [0.05, 0.1) is 6.26 Å². The van der Waals surface area contributed by atoms with Crippen LogP contribution in [0.5, 0.6) is 0 Å². The molecule has 1 aromatic heterocycles. The lowest BCUT2D eigenvalue weighted by Crippen LogP contribution is -2.35. The lowest BCUT2D eigenvalue weighted by molar-refractivity contribution is -0.126. The molecule has 0 bridgehead atoms. The number of pyridine rings is 1. The Kier molecular flexibility index (Phi) is 8.18. The van der Waals surface area contributed by atoms with E-state index < -0.39 is 10.0 Å². The van der Waals surface area contributed by atoms with E-state index in [1.807, 2.05) is 12.1 Å². The molecule has 9 heteroatoms. The van der Waals surface area contributed by atoms with E-state index in [4.69, 9.17) is 0 Å². The summed E-state index contributed by atoms with van der Waals surface area (Å²) in [6.45, 7) is 1.45. The van der Waals surface area contributed by atoms with Crippen LogP contribution in [-0.4, -0.2) is 62.0 Å². The van der Waals surface area contributed by atoms with Crippen LogP contribution in [0.25, 0.3) is 0 Å². The van der Waals surface area contributed by atoms with Crippen molar-refractivity contribution in [2.24, 2.45) is 5.92 Å². The van der Waals surface area contributed by atoms with Gasteiger partial charge in [-0.1, -0.05) is 0 Å². The molecule has 8 nitrogen and oxygen atoms in total. The zero-order valence-corrected chi connectivity index (χ0v) is 16.5. The van der Waals surface area contributed by atoms with Gasteiger partial charge in [0.2, 0.25) is 21.8 Å². The lowest BCUT2D eigenvalue weighted by atomic mass is 9.98. The Morgan fingerprint density at radius 1 is 1.30 bits per heavy atom. The molecule has 1 aliphatic rings. The molecule has 27 heavy (non-hydrogen) atoms. The third kappa shape index (κ3) is 7.64. The Morgan fingerprint density at radius 3 is 2.74 bits per heavy atom. The van der Waals surface area contributed by atoms with Gasteiger partial charge in [0.15, 0.2) is 0 Å². The van der Waals surface area contributed by atoms with Crippen molar-refractivity contribution >= 4 is 21.8 Å². The van der Waals surface area contributed by atoms with E-state index >= 15 is 0 Å². The summed E-state index contributed by atoms with van der Waals surface area (Å²) in [5.41, 5.74) is 1.10. The van der Waals surface area contributed by atoms with Crippen LogP contribution in [0.1, 0.15) is 31.2 Å². The second-order valence-electron chi connectivity index (χ2n) is 6.79. The molecule has 0 aliphatic carbocycles. The molecule has 0 spiro atoms. The first-order valence-electron chi connectivity index (χ1n) is 9.24. The fourth-order valence-corrected chi connectivity index (χ4v) is 3.97. The van der Waals surface area contributed by atoms with Crippen molar-refractivity contribution in [3.8, 4) is 0 Å². The summed E-state index contributed by atoms with van der Waals surface area (Å²) in [7, 11) is -3.36. The largest absolute Gasteiger partial charge is 0.356 e. The van der Waals surface area contributed by atoms with E-state index in [1.54, 1.807) is 12.4 Å². The predicted molar refractivity (Wildman–Crippen MR) is 102 cm³/mol. The maximum absolute atomic E-state index is 12.5. The summed E-state index contributed by atoms with van der Waals surface area (Å²) in [4.78, 5) is 28.3. The zero-order valence-electron chi connectivity index (χ0n) is 15.7. The van der Waals surface area contributed by atoms with Crippen molar-refractivity contribution in [3.05, 3.63) is 30.1 Å². The SMILES string of the molecule is CS(=O)(=O)N1CCCC(C(=O)NCCc2ccncc2)CCNC(=O)CC1. The molecule has 1 atom stereocenters. The second-order valence-corrected chi connectivity index (χ2v) is 8.77. The Bertz CT molecular complexity index is 724. The Hall–Kier alpha value is -2.00. The maximum atomic E-state index is 12.5. The molecule has 150 valence electrons. The van der Waals surface area contributed by atoms with Crippen molar-refractivity contribution in [2.45, 2.75) is 32.1 Å². The highest BCUT2D eigenvalue weighted by molar-refractivity contribution is 7.88. The van der Waals surface area contributed by atoms with Crippen LogP contribution in [0.2, 0.25) is 0 Å². The number of hydrogen-bond donors (Lipinski definition) is 2. The Morgan fingerprint density at radius 2 is 2.04 bits per heavy atom. The van der Waals surface area contributed by atoms with E-state index in [0.717, 1.165) is 18.2 Å². The van der Waals surface area contributed by atoms with Crippen LogP contribution < -0.4 is 10.6 Å². The number of aromatic nitrogens is 1. The highest BCUT2D eigenvalue weighted by atomic mass is 32.2. The average Bonchev–Trinajstić information content (AvgIpc) is 2.66. The number of carbonyl (C=O) groups is 2. The van der Waals surface area contributed by atoms with Gasteiger partial charge in [-0.25, -0.2) is 12.7 Å². The Labute approximate surface area is 160 Å². The molecule has 2 amide bonds. The number of nitrogens with zero attached hydrogens (tertiary/aromatic N) is 2. The molecular formula is C18H28N4O4S. The second kappa shape index (κ2) is 10.4. The van der Waals surface area contributed by atoms with Crippen molar-refractivity contribution in [1.82, 2.24) is 19.9 Å². The normalized spacial score (nSPS) is 20.3. The summed E-state index contributed by atoms with van der Waals surface area (Å²) < 4.78 is 25.0. The third-order valence-electron chi connectivity index (χ3n) is 4.67. The fourth-order valence-electron chi connectivity index (χ4n) is 3.09. The zero-order chi connectivity index (χ0) is 19.7. The van der Waals surface area contributed by atoms with Gasteiger partial charge in [-0.15, -0.1) is 0 Å².